The number of nitrogens with zero attached hydrogens (tertiary/aromatic N) is 2. The first-order valence-electron chi connectivity index (χ1n) is 9.57. The average molecular weight is 416 g/mol. The smallest absolute Gasteiger partial charge is 0.391 e. The van der Waals surface area contributed by atoms with E-state index in [4.69, 9.17) is 4.84 Å². The molecular weight excluding hydrogens is 397 g/mol. The number of Topliss-reactive ketones (excluding diaryl/α,β-unsaturated/α-hetero) is 1. The molecule has 30 heavy (non-hydrogen) atoms. The number of alkyl halides is 3. The number of hydrogen-bond acceptors (Lipinski definition) is 4. The molecule has 2 aliphatic heterocycles. The molecular formula is C22H19F3N2O3. The average Bonchev–Trinajstić information content (AvgIpc) is 2.72. The summed E-state index contributed by atoms with van der Waals surface area (Å²) in [5, 5.41) is 3.73. The maximum absolute atomic E-state index is 12.8. The van der Waals surface area contributed by atoms with Gasteiger partial charge in [0.1, 0.15) is 12.5 Å². The molecule has 2 unspecified atom stereocenters. The Bertz CT molecular complexity index is 986. The summed E-state index contributed by atoms with van der Waals surface area (Å²) in [6, 6.07) is 12.1. The largest absolute Gasteiger partial charge is 0.416 e. The molecule has 2 aliphatic rings. The Morgan fingerprint density at radius 3 is 2.57 bits per heavy atom. The van der Waals surface area contributed by atoms with E-state index in [1.807, 2.05) is 24.3 Å². The number of oxime groups is 1. The Kier molecular flexibility index (Phi) is 5.32. The van der Waals surface area contributed by atoms with Crippen LogP contribution in [0.25, 0.3) is 0 Å². The highest BCUT2D eigenvalue weighted by Crippen LogP contribution is 2.37. The van der Waals surface area contributed by atoms with Crippen LogP contribution in [-0.4, -0.2) is 29.3 Å². The molecule has 0 aliphatic carbocycles. The minimum absolute atomic E-state index is 0.0660. The second kappa shape index (κ2) is 7.93. The number of amides is 1. The molecule has 2 aromatic carbocycles. The standard InChI is InChI=1S/C22H19F3N2O3/c23-22(24,25)16-7-5-14(6-8-16)13-30-26-12-18-20(28)11-19-17-4-2-1-3-15(17)9-10-27(19)21(18)29/h1-8,12,18-19H,9-11,13H2/b26-12+. The molecule has 0 spiro atoms. The third kappa shape index (κ3) is 3.94. The van der Waals surface area contributed by atoms with Gasteiger partial charge in [0.25, 0.3) is 0 Å². The van der Waals surface area contributed by atoms with Gasteiger partial charge in [-0.15, -0.1) is 0 Å². The monoisotopic (exact) mass is 416 g/mol. The third-order valence-corrected chi connectivity index (χ3v) is 5.50. The number of carbonyl (C=O) groups excluding carboxylic acids is 2. The number of rotatable bonds is 4. The van der Waals surface area contributed by atoms with Crippen molar-refractivity contribution in [2.24, 2.45) is 11.1 Å². The fraction of sp³-hybridized carbons (Fsp3) is 0.318. The molecule has 0 bridgehead atoms. The topological polar surface area (TPSA) is 59.0 Å². The van der Waals surface area contributed by atoms with E-state index in [9.17, 15) is 22.8 Å². The Balaban J connectivity index is 1.38. The highest BCUT2D eigenvalue weighted by atomic mass is 19.4. The maximum atomic E-state index is 12.8. The van der Waals surface area contributed by atoms with Crippen LogP contribution in [0, 0.1) is 5.92 Å². The van der Waals surface area contributed by atoms with Crippen molar-refractivity contribution in [1.29, 1.82) is 0 Å². The van der Waals surface area contributed by atoms with Gasteiger partial charge in [0.15, 0.2) is 5.78 Å². The normalized spacial score (nSPS) is 21.5. The minimum Gasteiger partial charge on any atom is -0.391 e. The molecule has 2 heterocycles. The van der Waals surface area contributed by atoms with Crippen LogP contribution < -0.4 is 0 Å². The van der Waals surface area contributed by atoms with Gasteiger partial charge in [0.2, 0.25) is 5.91 Å². The van der Waals surface area contributed by atoms with Gasteiger partial charge in [-0.1, -0.05) is 41.6 Å². The van der Waals surface area contributed by atoms with E-state index in [0.29, 0.717) is 12.1 Å². The van der Waals surface area contributed by atoms with Crippen LogP contribution in [0.4, 0.5) is 13.2 Å². The SMILES string of the molecule is O=C1CC2c3ccccc3CCN2C(=O)C1/C=N/OCc1ccc(C(F)(F)F)cc1. The molecule has 1 amide bonds. The van der Waals surface area contributed by atoms with Crippen molar-refractivity contribution in [3.05, 3.63) is 70.8 Å². The van der Waals surface area contributed by atoms with Crippen molar-refractivity contribution >= 4 is 17.9 Å². The molecule has 8 heteroatoms. The molecule has 1 fully saturated rings. The molecule has 0 saturated carbocycles. The molecule has 4 rings (SSSR count). The predicted molar refractivity (Wildman–Crippen MR) is 102 cm³/mol. The van der Waals surface area contributed by atoms with Gasteiger partial charge in [0.05, 0.1) is 17.8 Å². The summed E-state index contributed by atoms with van der Waals surface area (Å²) in [6.45, 7) is 0.480. The summed E-state index contributed by atoms with van der Waals surface area (Å²) in [5.41, 5.74) is 1.92. The van der Waals surface area contributed by atoms with Crippen molar-refractivity contribution in [1.82, 2.24) is 4.90 Å². The number of fused-ring (bicyclic) bond motifs is 3. The Hall–Kier alpha value is -3.16. The van der Waals surface area contributed by atoms with E-state index in [2.05, 4.69) is 5.16 Å². The summed E-state index contributed by atoms with van der Waals surface area (Å²) in [4.78, 5) is 32.2. The van der Waals surface area contributed by atoms with Gasteiger partial charge < -0.3 is 9.74 Å². The zero-order valence-electron chi connectivity index (χ0n) is 15.9. The Labute approximate surface area is 171 Å². The van der Waals surface area contributed by atoms with Crippen LogP contribution in [0.15, 0.2) is 53.7 Å². The number of halogens is 3. The molecule has 156 valence electrons. The number of benzene rings is 2. The summed E-state index contributed by atoms with van der Waals surface area (Å²) in [6.07, 6.45) is -2.25. The molecule has 0 N–H and O–H groups in total. The molecule has 1 saturated heterocycles. The number of carbonyl (C=O) groups is 2. The van der Waals surface area contributed by atoms with Gasteiger partial charge in [-0.3, -0.25) is 9.59 Å². The summed E-state index contributed by atoms with van der Waals surface area (Å²) in [7, 11) is 0. The fourth-order valence-corrected chi connectivity index (χ4v) is 3.92. The first kappa shape index (κ1) is 20.1. The highest BCUT2D eigenvalue weighted by Gasteiger charge is 2.43. The summed E-state index contributed by atoms with van der Waals surface area (Å²) < 4.78 is 37.7. The molecule has 5 nitrogen and oxygen atoms in total. The maximum Gasteiger partial charge on any atom is 0.416 e. The second-order valence-corrected chi connectivity index (χ2v) is 7.37. The lowest BCUT2D eigenvalue weighted by molar-refractivity contribution is -0.146. The molecule has 2 atom stereocenters. The van der Waals surface area contributed by atoms with Crippen molar-refractivity contribution in [3.63, 3.8) is 0 Å². The minimum atomic E-state index is -4.40. The summed E-state index contributed by atoms with van der Waals surface area (Å²) >= 11 is 0. The molecule has 0 radical (unpaired) electrons. The van der Waals surface area contributed by atoms with Gasteiger partial charge in [-0.2, -0.15) is 13.2 Å². The van der Waals surface area contributed by atoms with E-state index >= 15 is 0 Å². The summed E-state index contributed by atoms with van der Waals surface area (Å²) in [5.74, 6) is -1.52. The van der Waals surface area contributed by atoms with Crippen molar-refractivity contribution < 1.29 is 27.6 Å². The van der Waals surface area contributed by atoms with Crippen LogP contribution in [0.1, 0.15) is 34.7 Å². The van der Waals surface area contributed by atoms with Crippen LogP contribution in [-0.2, 0) is 33.6 Å². The van der Waals surface area contributed by atoms with E-state index in [0.717, 1.165) is 29.7 Å². The number of piperidine rings is 1. The lowest BCUT2D eigenvalue weighted by Gasteiger charge is -2.41. The zero-order chi connectivity index (χ0) is 21.3. The lowest BCUT2D eigenvalue weighted by atomic mass is 9.82. The highest BCUT2D eigenvalue weighted by molar-refractivity contribution is 6.15. The van der Waals surface area contributed by atoms with E-state index in [1.165, 1.54) is 18.3 Å². The number of ketones is 1. The van der Waals surface area contributed by atoms with Crippen LogP contribution in [0.5, 0.6) is 0 Å². The Morgan fingerprint density at radius 1 is 1.10 bits per heavy atom. The van der Waals surface area contributed by atoms with E-state index < -0.39 is 17.7 Å². The predicted octanol–water partition coefficient (Wildman–Crippen LogP) is 3.92. The molecule has 0 aromatic heterocycles. The third-order valence-electron chi connectivity index (χ3n) is 5.50. The van der Waals surface area contributed by atoms with Crippen molar-refractivity contribution in [3.8, 4) is 0 Å². The quantitative estimate of drug-likeness (QED) is 0.431. The molecule has 2 aromatic rings. The van der Waals surface area contributed by atoms with Crippen LogP contribution in [0.2, 0.25) is 0 Å². The van der Waals surface area contributed by atoms with Gasteiger partial charge in [0, 0.05) is 13.0 Å². The van der Waals surface area contributed by atoms with Gasteiger partial charge in [-0.05, 0) is 35.2 Å². The second-order valence-electron chi connectivity index (χ2n) is 7.37. The zero-order valence-corrected chi connectivity index (χ0v) is 15.9. The van der Waals surface area contributed by atoms with Crippen molar-refractivity contribution in [2.45, 2.75) is 31.7 Å². The van der Waals surface area contributed by atoms with Gasteiger partial charge >= 0.3 is 6.18 Å². The van der Waals surface area contributed by atoms with Gasteiger partial charge in [-0.25, -0.2) is 0 Å². The lowest BCUT2D eigenvalue weighted by Crippen LogP contribution is -2.51. The van der Waals surface area contributed by atoms with Crippen LogP contribution in [0.3, 0.4) is 0 Å². The number of hydrogen-bond donors (Lipinski definition) is 0. The fourth-order valence-electron chi connectivity index (χ4n) is 3.92. The van der Waals surface area contributed by atoms with Crippen molar-refractivity contribution in [2.75, 3.05) is 6.54 Å². The first-order chi connectivity index (χ1) is 14.3. The Morgan fingerprint density at radius 2 is 1.83 bits per heavy atom. The van der Waals surface area contributed by atoms with E-state index in [-0.39, 0.29) is 30.8 Å². The van der Waals surface area contributed by atoms with E-state index in [1.54, 1.807) is 4.90 Å². The first-order valence-corrected chi connectivity index (χ1v) is 9.57. The van der Waals surface area contributed by atoms with Crippen LogP contribution >= 0.6 is 0 Å².